The summed E-state index contributed by atoms with van der Waals surface area (Å²) in [7, 11) is 5.17. The predicted molar refractivity (Wildman–Crippen MR) is 359 cm³/mol. The maximum Gasteiger partial charge on any atom is 0.305 e. The lowest BCUT2D eigenvalue weighted by atomic mass is 10.1. The highest BCUT2D eigenvalue weighted by Gasteiger charge is 2.42. The molecule has 24 heteroatoms. The van der Waals surface area contributed by atoms with Crippen LogP contribution in [0.5, 0.6) is 0 Å². The number of carboxylic acids is 1. The Hall–Kier alpha value is -6.88. The molecule has 4 aliphatic rings. The highest BCUT2D eigenvalue weighted by Crippen LogP contribution is 2.42. The Labute approximate surface area is 556 Å². The number of hydrogen-bond donors (Lipinski definition) is 3. The molecule has 18 nitrogen and oxygen atoms in total. The molecule has 0 aliphatic carbocycles. The van der Waals surface area contributed by atoms with Crippen LogP contribution in [-0.4, -0.2) is 138 Å². The van der Waals surface area contributed by atoms with E-state index in [9.17, 15) is 28.8 Å². The Kier molecular flexibility index (Phi) is 21.2. The number of thiazole rings is 2. The fourth-order valence-corrected chi connectivity index (χ4v) is 16.1. The van der Waals surface area contributed by atoms with Crippen LogP contribution in [-0.2, 0) is 63.7 Å². The van der Waals surface area contributed by atoms with Gasteiger partial charge in [-0.25, -0.2) is 9.97 Å². The number of carbonyl (C=O) groups excluding carboxylic acids is 5. The number of anilines is 2. The molecule has 12 rings (SSSR count). The maximum absolute atomic E-state index is 14.0. The lowest BCUT2D eigenvalue weighted by molar-refractivity contribution is -0.140. The Balaban J connectivity index is 0.000000187. The number of fused-ring (bicyclic) bond motifs is 2. The van der Waals surface area contributed by atoms with Crippen LogP contribution in [0.4, 0.5) is 11.4 Å². The monoisotopic (exact) mass is 1350 g/mol. The number of nitrogens with one attached hydrogen (secondary N) is 2. The van der Waals surface area contributed by atoms with E-state index >= 15 is 0 Å². The molecule has 8 heterocycles. The average Bonchev–Trinajstić information content (AvgIpc) is 1.76. The number of methoxy groups -OCH3 is 1. The zero-order valence-electron chi connectivity index (χ0n) is 50.9. The number of aryl methyl sites for hydroxylation is 4. The molecule has 4 fully saturated rings. The number of ether oxygens (including phenoxy) is 1. The van der Waals surface area contributed by atoms with Gasteiger partial charge in [0.2, 0.25) is 11.8 Å². The van der Waals surface area contributed by atoms with Crippen molar-refractivity contribution in [3.63, 3.8) is 0 Å². The molecule has 0 radical (unpaired) electrons. The van der Waals surface area contributed by atoms with Gasteiger partial charge in [-0.15, -0.1) is 22.7 Å². The second-order valence-corrected chi connectivity index (χ2v) is 27.8. The van der Waals surface area contributed by atoms with E-state index in [1.807, 2.05) is 87.8 Å². The van der Waals surface area contributed by atoms with Crippen molar-refractivity contribution in [1.82, 2.24) is 38.7 Å². The number of halogens is 4. The summed E-state index contributed by atoms with van der Waals surface area (Å²) in [6.45, 7) is 5.33. The van der Waals surface area contributed by atoms with Crippen LogP contribution in [0, 0.1) is 0 Å². The van der Waals surface area contributed by atoms with Gasteiger partial charge in [-0.3, -0.25) is 38.6 Å². The summed E-state index contributed by atoms with van der Waals surface area (Å²) in [4.78, 5) is 97.2. The summed E-state index contributed by atoms with van der Waals surface area (Å²) in [6, 6.07) is 22.0. The second-order valence-electron chi connectivity index (χ2n) is 23.8. The second kappa shape index (κ2) is 29.4. The van der Waals surface area contributed by atoms with Crippen LogP contribution in [0.25, 0.3) is 21.8 Å². The molecule has 4 saturated heterocycles. The third-order valence-corrected chi connectivity index (χ3v) is 21.5. The van der Waals surface area contributed by atoms with E-state index in [2.05, 4.69) is 25.4 Å². The Morgan fingerprint density at radius 3 is 1.42 bits per heavy atom. The van der Waals surface area contributed by atoms with E-state index in [4.69, 9.17) is 61.2 Å². The number of nitrogens with zero attached hydrogens (tertiary/aromatic N) is 8. The minimum Gasteiger partial charge on any atom is -0.481 e. The van der Waals surface area contributed by atoms with Crippen molar-refractivity contribution in [1.29, 1.82) is 0 Å². The fourth-order valence-electron chi connectivity index (χ4n) is 13.1. The first-order valence-electron chi connectivity index (χ1n) is 30.8. The van der Waals surface area contributed by atoms with Gasteiger partial charge in [0.05, 0.1) is 77.4 Å². The van der Waals surface area contributed by atoms with Gasteiger partial charge in [-0.2, -0.15) is 0 Å². The number of aliphatic carboxylic acids is 1. The van der Waals surface area contributed by atoms with E-state index in [1.165, 1.54) is 44.1 Å². The van der Waals surface area contributed by atoms with Crippen molar-refractivity contribution in [3.8, 4) is 0 Å². The summed E-state index contributed by atoms with van der Waals surface area (Å²) < 4.78 is 8.60. The lowest BCUT2D eigenvalue weighted by Crippen LogP contribution is -2.42. The number of benzene rings is 4. The van der Waals surface area contributed by atoms with Crippen LogP contribution in [0.2, 0.25) is 20.1 Å². The van der Waals surface area contributed by atoms with Gasteiger partial charge in [-0.05, 0) is 125 Å². The molecule has 4 aromatic heterocycles. The molecule has 4 aromatic carbocycles. The quantitative estimate of drug-likeness (QED) is 0.0687. The summed E-state index contributed by atoms with van der Waals surface area (Å²) in [5.41, 5.74) is 4.87. The summed E-state index contributed by atoms with van der Waals surface area (Å²) in [5.74, 6) is -1.83. The zero-order chi connectivity index (χ0) is 64.0. The van der Waals surface area contributed by atoms with Crippen LogP contribution in [0.3, 0.4) is 0 Å². The molecular weight excluding hydrogens is 1280 g/mol. The number of amides is 4. The first kappa shape index (κ1) is 65.6. The molecule has 3 N–H and O–H groups in total. The van der Waals surface area contributed by atoms with Crippen LogP contribution in [0.1, 0.15) is 128 Å². The highest BCUT2D eigenvalue weighted by molar-refractivity contribution is 7.12. The number of aromatic nitrogens is 4. The topological polar surface area (TPSA) is 205 Å². The molecule has 4 atom stereocenters. The van der Waals surface area contributed by atoms with E-state index in [1.54, 1.807) is 54.2 Å². The number of carboxylic acid groups (broad SMARTS) is 1. The minimum absolute atomic E-state index is 0.0446. The largest absolute Gasteiger partial charge is 0.481 e. The molecule has 478 valence electrons. The smallest absolute Gasteiger partial charge is 0.305 e. The molecule has 8 aromatic rings. The number of esters is 1. The van der Waals surface area contributed by atoms with Gasteiger partial charge in [0, 0.05) is 106 Å². The summed E-state index contributed by atoms with van der Waals surface area (Å²) >= 11 is 29.8. The van der Waals surface area contributed by atoms with Gasteiger partial charge in [0.15, 0.2) is 0 Å². The standard InChI is InChI=1S/C34H37Cl2N5O4S.C33H35Cl2N5O4S/c1-39-20-25(24-8-4-5-9-29(24)39)33(44)38-28-17-26(35)21(14-27(28)36)15-31(42)41-19-22(40-12-6-3-7-13-40)16-30(41)34-37-18-23(46-34)10-11-32(43)45-2;1-38-19-24(23-7-3-4-8-28(23)38)32(44)37-27-16-25(34)20(13-26(27)35)14-30(41)40-18-21(39-11-5-2-6-12-39)15-29(40)33-36-17-22(45-33)9-10-31(42)43/h4-5,8-9,14,17-18,20,22,30H,3,6-7,10-13,15-16,19H2,1-2H3,(H,38,44);3-4,7-8,13,16-17,19,21,29H,2,5-6,9-12,14-15,18H2,1H3,(H,37,44)(H,42,43)/t22-,30-;21-,29-/m00/s1. The van der Waals surface area contributed by atoms with Crippen molar-refractivity contribution < 1.29 is 38.6 Å². The third kappa shape index (κ3) is 15.3. The van der Waals surface area contributed by atoms with E-state index in [0.717, 1.165) is 93.4 Å². The maximum atomic E-state index is 14.0. The number of hydrogen-bond acceptors (Lipinski definition) is 13. The summed E-state index contributed by atoms with van der Waals surface area (Å²) in [6.07, 6.45) is 17.3. The van der Waals surface area contributed by atoms with Gasteiger partial charge in [-0.1, -0.05) is 95.6 Å². The average molecular weight is 1350 g/mol. The lowest BCUT2D eigenvalue weighted by Gasteiger charge is -2.32. The number of rotatable bonds is 18. The SMILES string of the molecule is COC(=O)CCc1cnc([C@@H]2C[C@H](N3CCCCC3)CN2C(=O)Cc2cc(Cl)c(NC(=O)c3cn(C)c4ccccc34)cc2Cl)s1.Cn1cc(C(=O)Nc2cc(Cl)c(CC(=O)N3C[C@@H](N4CCCCC4)C[C@H]3c3ncc(CCC(=O)O)s3)cc2Cl)c2ccccc21. The number of carbonyl (C=O) groups is 6. The van der Waals surface area contributed by atoms with Gasteiger partial charge in [0.1, 0.15) is 10.0 Å². The van der Waals surface area contributed by atoms with Gasteiger partial charge < -0.3 is 39.4 Å². The number of likely N-dealkylation sites (tertiary alicyclic amines) is 4. The number of para-hydroxylation sites is 2. The van der Waals surface area contributed by atoms with E-state index < -0.39 is 5.97 Å². The van der Waals surface area contributed by atoms with E-state index in [0.29, 0.717) is 86.1 Å². The molecule has 4 aliphatic heterocycles. The molecule has 0 saturated carbocycles. The van der Waals surface area contributed by atoms with Crippen molar-refractivity contribution in [2.45, 2.75) is 114 Å². The van der Waals surface area contributed by atoms with Crippen molar-refractivity contribution in [2.75, 3.05) is 57.0 Å². The van der Waals surface area contributed by atoms with Crippen molar-refractivity contribution >= 4 is 138 Å². The Morgan fingerprint density at radius 1 is 0.582 bits per heavy atom. The minimum atomic E-state index is -0.845. The predicted octanol–water partition coefficient (Wildman–Crippen LogP) is 13.3. The van der Waals surface area contributed by atoms with Crippen LogP contribution < -0.4 is 10.6 Å². The van der Waals surface area contributed by atoms with Gasteiger partial charge >= 0.3 is 11.9 Å². The Bertz CT molecular complexity index is 4020. The molecule has 4 amide bonds. The Morgan fingerprint density at radius 2 is 1.00 bits per heavy atom. The summed E-state index contributed by atoms with van der Waals surface area (Å²) in [5, 5.41) is 19.6. The first-order valence-corrected chi connectivity index (χ1v) is 34.0. The van der Waals surface area contributed by atoms with Crippen LogP contribution >= 0.6 is 69.1 Å². The van der Waals surface area contributed by atoms with E-state index in [-0.39, 0.29) is 73.0 Å². The number of piperidine rings is 2. The molecule has 91 heavy (non-hydrogen) atoms. The molecule has 0 unspecified atom stereocenters. The van der Waals surface area contributed by atoms with Crippen molar-refractivity contribution in [3.05, 3.63) is 160 Å². The third-order valence-electron chi connectivity index (χ3n) is 17.8. The fraction of sp³-hybridized carbons (Fsp3) is 0.403. The zero-order valence-corrected chi connectivity index (χ0v) is 55.6. The normalized spacial score (nSPS) is 18.8. The molecule has 0 bridgehead atoms. The van der Waals surface area contributed by atoms with Crippen molar-refractivity contribution in [2.24, 2.45) is 14.1 Å². The highest BCUT2D eigenvalue weighted by atomic mass is 35.5. The van der Waals surface area contributed by atoms with Crippen LogP contribution in [0.15, 0.2) is 97.6 Å². The van der Waals surface area contributed by atoms with Gasteiger partial charge in [0.25, 0.3) is 11.8 Å². The molecule has 0 spiro atoms. The molecular formula is C67H72Cl4N10O8S2. The first-order chi connectivity index (χ1) is 43.9.